The molecule has 1 aromatic heterocycles. The van der Waals surface area contributed by atoms with Crippen LogP contribution in [0, 0.1) is 6.92 Å². The van der Waals surface area contributed by atoms with Crippen LogP contribution < -0.4 is 0 Å². The van der Waals surface area contributed by atoms with Gasteiger partial charge in [0.25, 0.3) is 0 Å². The molecule has 0 aliphatic heterocycles. The highest BCUT2D eigenvalue weighted by molar-refractivity contribution is 5.36. The highest BCUT2D eigenvalue weighted by Gasteiger charge is 1.93. The fourth-order valence-corrected chi connectivity index (χ4v) is 0.598. The minimum Gasteiger partial charge on any atom is -0.422 e. The SMILES string of the molecule is CC.CC/C=C/c1nnc(C)o1. The number of rotatable bonds is 2. The van der Waals surface area contributed by atoms with Gasteiger partial charge in [0.2, 0.25) is 11.8 Å². The molecule has 0 aliphatic rings. The van der Waals surface area contributed by atoms with Gasteiger partial charge in [0.05, 0.1) is 0 Å². The third-order valence-corrected chi connectivity index (χ3v) is 1.04. The highest BCUT2D eigenvalue weighted by atomic mass is 16.4. The molecular weight excluding hydrogens is 152 g/mol. The van der Waals surface area contributed by atoms with Gasteiger partial charge < -0.3 is 4.42 Å². The third-order valence-electron chi connectivity index (χ3n) is 1.04. The molecule has 3 nitrogen and oxygen atoms in total. The maximum absolute atomic E-state index is 5.08. The number of hydrogen-bond acceptors (Lipinski definition) is 3. The zero-order valence-corrected chi connectivity index (χ0v) is 8.16. The number of aromatic nitrogens is 2. The Hall–Kier alpha value is -1.12. The molecular formula is C9H16N2O. The summed E-state index contributed by atoms with van der Waals surface area (Å²) in [5.74, 6) is 1.19. The van der Waals surface area contributed by atoms with Crippen LogP contribution in [0.4, 0.5) is 0 Å². The summed E-state index contributed by atoms with van der Waals surface area (Å²) in [5, 5.41) is 7.45. The summed E-state index contributed by atoms with van der Waals surface area (Å²) in [6.45, 7) is 7.83. The minimum absolute atomic E-state index is 0.583. The van der Waals surface area contributed by atoms with E-state index in [1.165, 1.54) is 0 Å². The molecule has 68 valence electrons. The molecule has 1 rings (SSSR count). The van der Waals surface area contributed by atoms with Crippen molar-refractivity contribution in [3.05, 3.63) is 17.9 Å². The standard InChI is InChI=1S/C7H10N2O.C2H6/c1-3-4-5-7-9-8-6(2)10-7;1-2/h4-5H,3H2,1-2H3;1-2H3/b5-4+;. The van der Waals surface area contributed by atoms with Crippen molar-refractivity contribution < 1.29 is 4.42 Å². The second-order valence-electron chi connectivity index (χ2n) is 1.97. The Morgan fingerprint density at radius 3 is 2.42 bits per heavy atom. The lowest BCUT2D eigenvalue weighted by Gasteiger charge is -1.77. The molecule has 0 fully saturated rings. The zero-order valence-electron chi connectivity index (χ0n) is 8.16. The molecule has 12 heavy (non-hydrogen) atoms. The Labute approximate surface area is 73.5 Å². The van der Waals surface area contributed by atoms with E-state index in [0.717, 1.165) is 6.42 Å². The van der Waals surface area contributed by atoms with Crippen LogP contribution in [0.15, 0.2) is 10.5 Å². The van der Waals surface area contributed by atoms with Crippen molar-refractivity contribution in [3.63, 3.8) is 0 Å². The van der Waals surface area contributed by atoms with E-state index in [4.69, 9.17) is 4.42 Å². The van der Waals surface area contributed by atoms with Crippen molar-refractivity contribution in [2.75, 3.05) is 0 Å². The molecule has 3 heteroatoms. The molecule has 0 atom stereocenters. The van der Waals surface area contributed by atoms with Crippen LogP contribution in [0.3, 0.4) is 0 Å². The van der Waals surface area contributed by atoms with Crippen LogP contribution in [0.25, 0.3) is 6.08 Å². The second-order valence-corrected chi connectivity index (χ2v) is 1.97. The summed E-state index contributed by atoms with van der Waals surface area (Å²) in [6, 6.07) is 0. The normalized spacial score (nSPS) is 9.67. The Bertz CT molecular complexity index is 228. The summed E-state index contributed by atoms with van der Waals surface area (Å²) in [6.07, 6.45) is 4.79. The smallest absolute Gasteiger partial charge is 0.240 e. The lowest BCUT2D eigenvalue weighted by molar-refractivity contribution is 0.509. The number of nitrogens with zero attached hydrogens (tertiary/aromatic N) is 2. The second kappa shape index (κ2) is 6.58. The fourth-order valence-electron chi connectivity index (χ4n) is 0.598. The van der Waals surface area contributed by atoms with E-state index in [0.29, 0.717) is 11.8 Å². The van der Waals surface area contributed by atoms with Gasteiger partial charge in [0, 0.05) is 6.92 Å². The van der Waals surface area contributed by atoms with E-state index in [2.05, 4.69) is 17.1 Å². The predicted octanol–water partition coefficient (Wildman–Crippen LogP) is 2.83. The molecule has 0 amide bonds. The van der Waals surface area contributed by atoms with Gasteiger partial charge in [0.1, 0.15) is 0 Å². The van der Waals surface area contributed by atoms with Gasteiger partial charge in [0.15, 0.2) is 0 Å². The maximum Gasteiger partial charge on any atom is 0.240 e. The number of aryl methyl sites for hydroxylation is 1. The lowest BCUT2D eigenvalue weighted by atomic mass is 10.4. The van der Waals surface area contributed by atoms with E-state index in [1.807, 2.05) is 26.0 Å². The first kappa shape index (κ1) is 10.9. The fraction of sp³-hybridized carbons (Fsp3) is 0.556. The maximum atomic E-state index is 5.08. The molecule has 0 spiro atoms. The van der Waals surface area contributed by atoms with E-state index in [9.17, 15) is 0 Å². The summed E-state index contributed by atoms with van der Waals surface area (Å²) in [4.78, 5) is 0. The van der Waals surface area contributed by atoms with Gasteiger partial charge in [-0.2, -0.15) is 0 Å². The Kier molecular flexibility index (Phi) is 5.97. The average molecular weight is 168 g/mol. The Morgan fingerprint density at radius 1 is 1.33 bits per heavy atom. The summed E-state index contributed by atoms with van der Waals surface area (Å²) >= 11 is 0. The van der Waals surface area contributed by atoms with Crippen molar-refractivity contribution in [2.24, 2.45) is 0 Å². The molecule has 0 unspecified atom stereocenters. The minimum atomic E-state index is 0.583. The van der Waals surface area contributed by atoms with E-state index < -0.39 is 0 Å². The van der Waals surface area contributed by atoms with Crippen LogP contribution in [0.2, 0.25) is 0 Å². The van der Waals surface area contributed by atoms with Gasteiger partial charge in [-0.15, -0.1) is 10.2 Å². The van der Waals surface area contributed by atoms with Crippen molar-refractivity contribution in [1.29, 1.82) is 0 Å². The third kappa shape index (κ3) is 3.91. The topological polar surface area (TPSA) is 38.9 Å². The van der Waals surface area contributed by atoms with Crippen molar-refractivity contribution in [3.8, 4) is 0 Å². The molecule has 1 aromatic rings. The van der Waals surface area contributed by atoms with Gasteiger partial charge in [-0.3, -0.25) is 0 Å². The quantitative estimate of drug-likeness (QED) is 0.681. The van der Waals surface area contributed by atoms with E-state index in [1.54, 1.807) is 6.92 Å². The Morgan fingerprint density at radius 2 is 2.00 bits per heavy atom. The van der Waals surface area contributed by atoms with Crippen molar-refractivity contribution in [1.82, 2.24) is 10.2 Å². The number of hydrogen-bond donors (Lipinski definition) is 0. The molecule has 0 aliphatic carbocycles. The lowest BCUT2D eigenvalue weighted by Crippen LogP contribution is -1.69. The number of allylic oxidation sites excluding steroid dienone is 1. The molecule has 0 saturated heterocycles. The highest BCUT2D eigenvalue weighted by Crippen LogP contribution is 1.99. The van der Waals surface area contributed by atoms with Crippen LogP contribution in [0.5, 0.6) is 0 Å². The first-order chi connectivity index (χ1) is 5.83. The zero-order chi connectivity index (χ0) is 9.40. The molecule has 0 radical (unpaired) electrons. The van der Waals surface area contributed by atoms with Gasteiger partial charge in [-0.05, 0) is 12.5 Å². The molecule has 0 bridgehead atoms. The van der Waals surface area contributed by atoms with Crippen LogP contribution in [-0.4, -0.2) is 10.2 Å². The first-order valence-electron chi connectivity index (χ1n) is 4.29. The Balaban J connectivity index is 0.000000561. The summed E-state index contributed by atoms with van der Waals surface area (Å²) in [7, 11) is 0. The van der Waals surface area contributed by atoms with E-state index in [-0.39, 0.29) is 0 Å². The van der Waals surface area contributed by atoms with Crippen LogP contribution in [0.1, 0.15) is 39.0 Å². The summed E-state index contributed by atoms with van der Waals surface area (Å²) < 4.78 is 5.08. The van der Waals surface area contributed by atoms with Gasteiger partial charge in [-0.25, -0.2) is 0 Å². The van der Waals surface area contributed by atoms with Crippen molar-refractivity contribution in [2.45, 2.75) is 34.1 Å². The van der Waals surface area contributed by atoms with Crippen LogP contribution >= 0.6 is 0 Å². The largest absolute Gasteiger partial charge is 0.422 e. The first-order valence-corrected chi connectivity index (χ1v) is 4.29. The molecule has 1 heterocycles. The molecule has 0 N–H and O–H groups in total. The molecule has 0 saturated carbocycles. The van der Waals surface area contributed by atoms with Gasteiger partial charge in [-0.1, -0.05) is 26.8 Å². The molecule has 0 aromatic carbocycles. The van der Waals surface area contributed by atoms with Crippen molar-refractivity contribution >= 4 is 6.08 Å². The monoisotopic (exact) mass is 168 g/mol. The van der Waals surface area contributed by atoms with Gasteiger partial charge >= 0.3 is 0 Å². The van der Waals surface area contributed by atoms with E-state index >= 15 is 0 Å². The van der Waals surface area contributed by atoms with Crippen LogP contribution in [-0.2, 0) is 0 Å². The summed E-state index contributed by atoms with van der Waals surface area (Å²) in [5.41, 5.74) is 0. The predicted molar refractivity (Wildman–Crippen MR) is 49.7 cm³/mol. The average Bonchev–Trinajstić information content (AvgIpc) is 2.51.